The largest absolute Gasteiger partial charge is 0.451 e. The van der Waals surface area contributed by atoms with Crippen LogP contribution in [-0.2, 0) is 32.3 Å². The minimum atomic E-state index is -0.879. The van der Waals surface area contributed by atoms with E-state index in [0.29, 0.717) is 22.3 Å². The van der Waals surface area contributed by atoms with Gasteiger partial charge in [-0.05, 0) is 35.4 Å². The maximum absolute atomic E-state index is 11.5. The lowest BCUT2D eigenvalue weighted by atomic mass is 10.1. The Kier molecular flexibility index (Phi) is 6.51. The molecule has 0 aliphatic heterocycles. The van der Waals surface area contributed by atoms with Gasteiger partial charge in [0.1, 0.15) is 13.2 Å². The van der Waals surface area contributed by atoms with Gasteiger partial charge >= 0.3 is 11.9 Å². The fraction of sp³-hybridized carbons (Fsp3) is 0.100. The molecule has 0 aromatic heterocycles. The van der Waals surface area contributed by atoms with Gasteiger partial charge in [-0.1, -0.05) is 24.3 Å². The number of nitriles is 2. The molecule has 2 aromatic rings. The molecule has 0 heterocycles. The third kappa shape index (κ3) is 5.85. The number of hydrogen-bond acceptors (Lipinski definition) is 6. The lowest BCUT2D eigenvalue weighted by Crippen LogP contribution is -2.05. The molecule has 0 aliphatic rings. The second kappa shape index (κ2) is 9.27. The maximum Gasteiger partial charge on any atom is 0.385 e. The highest BCUT2D eigenvalue weighted by atomic mass is 16.5. The van der Waals surface area contributed by atoms with E-state index in [0.717, 1.165) is 0 Å². The van der Waals surface area contributed by atoms with Crippen molar-refractivity contribution in [3.63, 3.8) is 0 Å². The standard InChI is InChI=1S/C20H12N2O4/c21-11-15-3-1-5-17(9-15)13-25-19(23)7-8-20(24)26-14-18-6-2-4-16(10-18)12-22/h1-6,9-10H,13-14H2. The number of ether oxygens (including phenoxy) is 2. The highest BCUT2D eigenvalue weighted by Gasteiger charge is 2.03. The first-order valence-corrected chi connectivity index (χ1v) is 7.44. The molecule has 0 bridgehead atoms. The van der Waals surface area contributed by atoms with E-state index >= 15 is 0 Å². The predicted molar refractivity (Wildman–Crippen MR) is 89.7 cm³/mol. The Morgan fingerprint density at radius 1 is 0.769 bits per heavy atom. The van der Waals surface area contributed by atoms with Crippen molar-refractivity contribution in [1.82, 2.24) is 0 Å². The van der Waals surface area contributed by atoms with E-state index in [1.165, 1.54) is 0 Å². The Balaban J connectivity index is 1.81. The second-order valence-electron chi connectivity index (χ2n) is 5.03. The predicted octanol–water partition coefficient (Wildman–Crippen LogP) is 2.22. The Bertz CT molecular complexity index is 894. The van der Waals surface area contributed by atoms with Crippen molar-refractivity contribution in [2.75, 3.05) is 0 Å². The summed E-state index contributed by atoms with van der Waals surface area (Å²) < 4.78 is 9.81. The van der Waals surface area contributed by atoms with Crippen molar-refractivity contribution in [2.45, 2.75) is 13.2 Å². The van der Waals surface area contributed by atoms with Crippen molar-refractivity contribution in [3.8, 4) is 24.0 Å². The number of rotatable bonds is 4. The summed E-state index contributed by atoms with van der Waals surface area (Å²) in [4.78, 5) is 23.1. The third-order valence-electron chi connectivity index (χ3n) is 3.12. The van der Waals surface area contributed by atoms with Gasteiger partial charge < -0.3 is 9.47 Å². The first kappa shape index (κ1) is 18.3. The van der Waals surface area contributed by atoms with Gasteiger partial charge in [-0.3, -0.25) is 0 Å². The topological polar surface area (TPSA) is 100 Å². The minimum Gasteiger partial charge on any atom is -0.451 e. The molecular weight excluding hydrogens is 332 g/mol. The Hall–Kier alpha value is -4.08. The van der Waals surface area contributed by atoms with Crippen LogP contribution in [0.1, 0.15) is 22.3 Å². The molecule has 2 rings (SSSR count). The van der Waals surface area contributed by atoms with Crippen LogP contribution >= 0.6 is 0 Å². The maximum atomic E-state index is 11.5. The summed E-state index contributed by atoms with van der Waals surface area (Å²) in [6.07, 6.45) is 0. The molecule has 26 heavy (non-hydrogen) atoms. The van der Waals surface area contributed by atoms with Crippen molar-refractivity contribution < 1.29 is 19.1 Å². The summed E-state index contributed by atoms with van der Waals surface area (Å²) in [7, 11) is 0. The first-order valence-electron chi connectivity index (χ1n) is 7.44. The average molecular weight is 344 g/mol. The van der Waals surface area contributed by atoms with Gasteiger partial charge in [0, 0.05) is 11.8 Å². The fourth-order valence-electron chi connectivity index (χ4n) is 1.93. The zero-order valence-corrected chi connectivity index (χ0v) is 13.6. The zero-order chi connectivity index (χ0) is 18.8. The number of hydrogen-bond donors (Lipinski definition) is 0. The van der Waals surface area contributed by atoms with Gasteiger partial charge in [0.15, 0.2) is 0 Å². The first-order chi connectivity index (χ1) is 12.6. The van der Waals surface area contributed by atoms with Gasteiger partial charge in [-0.2, -0.15) is 10.5 Å². The van der Waals surface area contributed by atoms with Crippen molar-refractivity contribution in [1.29, 1.82) is 10.5 Å². The summed E-state index contributed by atoms with van der Waals surface area (Å²) in [5.41, 5.74) is 2.18. The molecule has 6 heteroatoms. The Morgan fingerprint density at radius 3 is 1.58 bits per heavy atom. The fourth-order valence-corrected chi connectivity index (χ4v) is 1.93. The summed E-state index contributed by atoms with van der Waals surface area (Å²) in [6, 6.07) is 17.1. The third-order valence-corrected chi connectivity index (χ3v) is 3.12. The van der Waals surface area contributed by atoms with E-state index in [-0.39, 0.29) is 13.2 Å². The number of esters is 2. The number of carbonyl (C=O) groups is 2. The molecule has 0 amide bonds. The molecule has 0 spiro atoms. The molecule has 126 valence electrons. The van der Waals surface area contributed by atoms with E-state index in [1.807, 2.05) is 24.0 Å². The zero-order valence-electron chi connectivity index (χ0n) is 13.6. The van der Waals surface area contributed by atoms with Crippen molar-refractivity contribution >= 4 is 11.9 Å². The number of carbonyl (C=O) groups excluding carboxylic acids is 2. The van der Waals surface area contributed by atoms with Gasteiger partial charge in [0.2, 0.25) is 0 Å². The number of nitrogens with zero attached hydrogens (tertiary/aromatic N) is 2. The molecule has 0 unspecified atom stereocenters. The molecule has 0 aliphatic carbocycles. The van der Waals surface area contributed by atoms with Crippen LogP contribution in [0.5, 0.6) is 0 Å². The average Bonchev–Trinajstić information content (AvgIpc) is 2.69. The summed E-state index contributed by atoms with van der Waals surface area (Å²) in [5.74, 6) is 2.32. The normalized spacial score (nSPS) is 9.00. The van der Waals surface area contributed by atoms with Crippen molar-refractivity contribution in [2.24, 2.45) is 0 Å². The molecule has 0 radical (unpaired) electrons. The lowest BCUT2D eigenvalue weighted by molar-refractivity contribution is -0.140. The second-order valence-corrected chi connectivity index (χ2v) is 5.03. The Labute approximate surface area is 150 Å². The van der Waals surface area contributed by atoms with Gasteiger partial charge in [-0.25, -0.2) is 9.59 Å². The van der Waals surface area contributed by atoms with E-state index in [2.05, 4.69) is 0 Å². The van der Waals surface area contributed by atoms with Gasteiger partial charge in [0.05, 0.1) is 23.3 Å². The summed E-state index contributed by atoms with van der Waals surface area (Å²) in [5, 5.41) is 17.6. The number of benzene rings is 2. The lowest BCUT2D eigenvalue weighted by Gasteiger charge is -2.02. The molecule has 2 aromatic carbocycles. The summed E-state index contributed by atoms with van der Waals surface area (Å²) in [6.45, 7) is -0.113. The molecular formula is C20H12N2O4. The van der Waals surface area contributed by atoms with Crippen LogP contribution in [0.3, 0.4) is 0 Å². The molecule has 6 nitrogen and oxygen atoms in total. The molecule has 0 N–H and O–H groups in total. The minimum absolute atomic E-state index is 0.0565. The summed E-state index contributed by atoms with van der Waals surface area (Å²) >= 11 is 0. The highest BCUT2D eigenvalue weighted by Crippen LogP contribution is 2.06. The van der Waals surface area contributed by atoms with E-state index in [4.69, 9.17) is 20.0 Å². The monoisotopic (exact) mass is 344 g/mol. The molecule has 0 saturated carbocycles. The van der Waals surface area contributed by atoms with E-state index in [1.54, 1.807) is 48.5 Å². The quantitative estimate of drug-likeness (QED) is 0.479. The SMILES string of the molecule is N#Cc1cccc(COC(=O)C#CC(=O)OCc2cccc(C#N)c2)c1. The van der Waals surface area contributed by atoms with E-state index < -0.39 is 11.9 Å². The highest BCUT2D eigenvalue weighted by molar-refractivity contribution is 5.98. The smallest absolute Gasteiger partial charge is 0.385 e. The molecule has 0 fully saturated rings. The Morgan fingerprint density at radius 2 is 1.19 bits per heavy atom. The van der Waals surface area contributed by atoms with Crippen molar-refractivity contribution in [3.05, 3.63) is 70.8 Å². The van der Waals surface area contributed by atoms with Crippen LogP contribution in [-0.4, -0.2) is 11.9 Å². The van der Waals surface area contributed by atoms with Gasteiger partial charge in [-0.15, -0.1) is 0 Å². The van der Waals surface area contributed by atoms with E-state index in [9.17, 15) is 9.59 Å². The van der Waals surface area contributed by atoms with Crippen LogP contribution in [0.4, 0.5) is 0 Å². The van der Waals surface area contributed by atoms with Crippen LogP contribution in [0.15, 0.2) is 48.5 Å². The molecule has 0 atom stereocenters. The van der Waals surface area contributed by atoms with Crippen LogP contribution in [0, 0.1) is 34.5 Å². The molecule has 0 saturated heterocycles. The van der Waals surface area contributed by atoms with Crippen LogP contribution in [0.2, 0.25) is 0 Å². The van der Waals surface area contributed by atoms with Crippen LogP contribution < -0.4 is 0 Å². The van der Waals surface area contributed by atoms with Crippen LogP contribution in [0.25, 0.3) is 0 Å². The van der Waals surface area contributed by atoms with Gasteiger partial charge in [0.25, 0.3) is 0 Å².